The van der Waals surface area contributed by atoms with Crippen molar-refractivity contribution in [2.24, 2.45) is 0 Å². The summed E-state index contributed by atoms with van der Waals surface area (Å²) in [6.45, 7) is 1.14. The molecule has 0 aromatic heterocycles. The van der Waals surface area contributed by atoms with Crippen LogP contribution in [0.15, 0.2) is 59.5 Å². The summed E-state index contributed by atoms with van der Waals surface area (Å²) in [4.78, 5) is 35.2. The molecular weight excluding hydrogens is 414 g/mol. The lowest BCUT2D eigenvalue weighted by Crippen LogP contribution is -2.77. The minimum absolute atomic E-state index is 0.0324. The van der Waals surface area contributed by atoms with Crippen molar-refractivity contribution in [2.45, 2.75) is 29.8 Å². The number of nitro benzene ring substituents is 1. The first-order valence-electron chi connectivity index (χ1n) is 8.92. The Balaban J connectivity index is 1.99. The Labute approximate surface area is 172 Å². The lowest BCUT2D eigenvalue weighted by Gasteiger charge is -2.50. The van der Waals surface area contributed by atoms with E-state index in [0.29, 0.717) is 5.56 Å². The molecule has 1 heterocycles. The van der Waals surface area contributed by atoms with Crippen LogP contribution in [0.3, 0.4) is 0 Å². The van der Waals surface area contributed by atoms with Gasteiger partial charge in [0.25, 0.3) is 5.69 Å². The summed E-state index contributed by atoms with van der Waals surface area (Å²) >= 11 is 0. The highest BCUT2D eigenvalue weighted by atomic mass is 32.2. The topological polar surface area (TPSA) is 147 Å². The smallest absolute Gasteiger partial charge is 0.326 e. The van der Waals surface area contributed by atoms with Crippen LogP contribution in [0.4, 0.5) is 5.69 Å². The number of likely N-dealkylation sites (tertiary alicyclic amines) is 1. The molecule has 1 fully saturated rings. The van der Waals surface area contributed by atoms with Crippen molar-refractivity contribution in [3.05, 3.63) is 70.3 Å². The Bertz CT molecular complexity index is 1100. The molecule has 2 N–H and O–H groups in total. The van der Waals surface area contributed by atoms with Gasteiger partial charge in [-0.05, 0) is 18.6 Å². The summed E-state index contributed by atoms with van der Waals surface area (Å²) < 4.78 is 28.3. The molecular formula is C19H19N3O7S. The third-order valence-electron chi connectivity index (χ3n) is 4.97. The average molecular weight is 433 g/mol. The van der Waals surface area contributed by atoms with Crippen LogP contribution in [0, 0.1) is 10.1 Å². The van der Waals surface area contributed by atoms with Crippen LogP contribution in [0.1, 0.15) is 12.5 Å². The molecule has 0 bridgehead atoms. The number of hydrogen-bond acceptors (Lipinski definition) is 6. The maximum Gasteiger partial charge on any atom is 0.326 e. The number of nitrogens with zero attached hydrogens (tertiary/aromatic N) is 2. The van der Waals surface area contributed by atoms with E-state index in [1.165, 1.54) is 19.1 Å². The van der Waals surface area contributed by atoms with E-state index in [0.717, 1.165) is 17.0 Å². The first-order valence-corrected chi connectivity index (χ1v) is 10.4. The molecule has 0 radical (unpaired) electrons. The van der Waals surface area contributed by atoms with Crippen molar-refractivity contribution < 1.29 is 28.0 Å². The van der Waals surface area contributed by atoms with E-state index in [2.05, 4.69) is 4.72 Å². The van der Waals surface area contributed by atoms with Crippen LogP contribution < -0.4 is 4.72 Å². The SMILES string of the molecule is C[C@@H](C(=O)O)N1C[C@](Cc2ccccc2)(NS(=O)(=O)c2ccccc2[N+](=O)[O-])C1=O. The summed E-state index contributed by atoms with van der Waals surface area (Å²) in [5, 5.41) is 20.5. The molecule has 0 aliphatic carbocycles. The molecule has 2 atom stereocenters. The first-order chi connectivity index (χ1) is 14.1. The third-order valence-corrected chi connectivity index (χ3v) is 6.55. The van der Waals surface area contributed by atoms with Crippen molar-refractivity contribution in [3.8, 4) is 0 Å². The number of β-lactam (4-membered cyclic amide) rings is 1. The first kappa shape index (κ1) is 21.4. The Kier molecular flexibility index (Phi) is 5.59. The molecule has 0 unspecified atom stereocenters. The third kappa shape index (κ3) is 3.89. The van der Waals surface area contributed by atoms with Crippen LogP contribution in [-0.4, -0.2) is 53.3 Å². The normalized spacial score (nSPS) is 19.8. The zero-order valence-electron chi connectivity index (χ0n) is 15.9. The molecule has 10 nitrogen and oxygen atoms in total. The summed E-state index contributed by atoms with van der Waals surface area (Å²) in [5.74, 6) is -1.93. The van der Waals surface area contributed by atoms with Gasteiger partial charge in [-0.1, -0.05) is 42.5 Å². The van der Waals surface area contributed by atoms with Gasteiger partial charge in [0, 0.05) is 12.5 Å². The average Bonchev–Trinajstić information content (AvgIpc) is 2.71. The maximum atomic E-state index is 13.0. The van der Waals surface area contributed by atoms with E-state index in [1.54, 1.807) is 30.3 Å². The number of benzene rings is 2. The number of sulfonamides is 1. The number of aliphatic carboxylic acids is 1. The second-order valence-corrected chi connectivity index (χ2v) is 8.67. The highest BCUT2D eigenvalue weighted by Crippen LogP contribution is 2.32. The zero-order valence-corrected chi connectivity index (χ0v) is 16.7. The Morgan fingerprint density at radius 2 is 1.83 bits per heavy atom. The van der Waals surface area contributed by atoms with Crippen molar-refractivity contribution >= 4 is 27.6 Å². The number of para-hydroxylation sites is 1. The van der Waals surface area contributed by atoms with Crippen molar-refractivity contribution in [3.63, 3.8) is 0 Å². The minimum atomic E-state index is -4.46. The van der Waals surface area contributed by atoms with E-state index in [1.807, 2.05) is 0 Å². The van der Waals surface area contributed by atoms with Gasteiger partial charge in [0.2, 0.25) is 15.9 Å². The number of rotatable bonds is 8. The van der Waals surface area contributed by atoms with E-state index < -0.39 is 49.0 Å². The second kappa shape index (κ2) is 7.84. The maximum absolute atomic E-state index is 13.0. The fourth-order valence-electron chi connectivity index (χ4n) is 3.40. The lowest BCUT2D eigenvalue weighted by atomic mass is 9.82. The highest BCUT2D eigenvalue weighted by Gasteiger charge is 2.57. The number of nitro groups is 1. The van der Waals surface area contributed by atoms with Crippen LogP contribution in [0.2, 0.25) is 0 Å². The van der Waals surface area contributed by atoms with Gasteiger partial charge >= 0.3 is 5.97 Å². The van der Waals surface area contributed by atoms with Gasteiger partial charge in [-0.25, -0.2) is 13.2 Å². The predicted molar refractivity (Wildman–Crippen MR) is 105 cm³/mol. The van der Waals surface area contributed by atoms with Gasteiger partial charge in [-0.15, -0.1) is 0 Å². The monoisotopic (exact) mass is 433 g/mol. The van der Waals surface area contributed by atoms with Gasteiger partial charge in [-0.2, -0.15) is 4.72 Å². The summed E-state index contributed by atoms with van der Waals surface area (Å²) in [5.41, 5.74) is -1.62. The number of amides is 1. The summed E-state index contributed by atoms with van der Waals surface area (Å²) in [7, 11) is -4.46. The number of carbonyl (C=O) groups is 2. The van der Waals surface area contributed by atoms with Gasteiger partial charge in [0.15, 0.2) is 4.90 Å². The van der Waals surface area contributed by atoms with Crippen LogP contribution >= 0.6 is 0 Å². The predicted octanol–water partition coefficient (Wildman–Crippen LogP) is 1.17. The van der Waals surface area contributed by atoms with E-state index >= 15 is 0 Å². The molecule has 1 aliphatic heterocycles. The van der Waals surface area contributed by atoms with Gasteiger partial charge < -0.3 is 10.0 Å². The van der Waals surface area contributed by atoms with E-state index in [9.17, 15) is 33.2 Å². The minimum Gasteiger partial charge on any atom is -0.480 e. The molecule has 158 valence electrons. The Hall–Kier alpha value is -3.31. The fraction of sp³-hybridized carbons (Fsp3) is 0.263. The zero-order chi connectivity index (χ0) is 22.1. The standard InChI is InChI=1S/C19H19N3O7S/c1-13(17(23)24)21-12-19(18(21)25,11-14-7-3-2-4-8-14)20-30(28,29)16-10-6-5-9-15(16)22(26)27/h2-10,13,20H,11-12H2,1H3,(H,23,24)/t13-,19-/m0/s1. The van der Waals surface area contributed by atoms with Crippen molar-refractivity contribution in [2.75, 3.05) is 6.54 Å². The van der Waals surface area contributed by atoms with E-state index in [-0.39, 0.29) is 13.0 Å². The quantitative estimate of drug-likeness (QED) is 0.361. The number of nitrogens with one attached hydrogen (secondary N) is 1. The molecule has 0 saturated carbocycles. The molecule has 1 amide bonds. The largest absolute Gasteiger partial charge is 0.480 e. The Morgan fingerprint density at radius 3 is 2.40 bits per heavy atom. The number of carboxylic acid groups (broad SMARTS) is 1. The Morgan fingerprint density at radius 1 is 1.23 bits per heavy atom. The summed E-state index contributed by atoms with van der Waals surface area (Å²) in [6, 6.07) is 12.3. The molecule has 1 saturated heterocycles. The highest BCUT2D eigenvalue weighted by molar-refractivity contribution is 7.89. The van der Waals surface area contributed by atoms with Gasteiger partial charge in [0.05, 0.1) is 11.5 Å². The van der Waals surface area contributed by atoms with Crippen molar-refractivity contribution in [1.82, 2.24) is 9.62 Å². The molecule has 2 aromatic carbocycles. The van der Waals surface area contributed by atoms with Crippen molar-refractivity contribution in [1.29, 1.82) is 0 Å². The molecule has 3 rings (SSSR count). The molecule has 30 heavy (non-hydrogen) atoms. The fourth-order valence-corrected chi connectivity index (χ4v) is 4.92. The second-order valence-electron chi connectivity index (χ2n) is 7.02. The van der Waals surface area contributed by atoms with Crippen LogP contribution in [-0.2, 0) is 26.0 Å². The van der Waals surface area contributed by atoms with Crippen LogP contribution in [0.25, 0.3) is 0 Å². The van der Waals surface area contributed by atoms with Gasteiger partial charge in [-0.3, -0.25) is 14.9 Å². The lowest BCUT2D eigenvalue weighted by molar-refractivity contribution is -0.387. The van der Waals surface area contributed by atoms with Crippen LogP contribution in [0.5, 0.6) is 0 Å². The van der Waals surface area contributed by atoms with Gasteiger partial charge in [0.1, 0.15) is 11.6 Å². The molecule has 1 aliphatic rings. The number of hydrogen-bond donors (Lipinski definition) is 2. The number of carbonyl (C=O) groups excluding carboxylic acids is 1. The van der Waals surface area contributed by atoms with E-state index in [4.69, 9.17) is 0 Å². The number of carboxylic acids is 1. The molecule has 2 aromatic rings. The molecule has 0 spiro atoms. The molecule has 11 heteroatoms. The summed E-state index contributed by atoms with van der Waals surface area (Å²) in [6.07, 6.45) is -0.0324.